The number of hydrazone groups is 1. The number of para-hydroxylation sites is 1. The van der Waals surface area contributed by atoms with Crippen molar-refractivity contribution in [3.63, 3.8) is 0 Å². The number of amides is 1. The second kappa shape index (κ2) is 8.88. The molecule has 7 nitrogen and oxygen atoms in total. The molecule has 0 bridgehead atoms. The number of carboxylic acids is 1. The topological polar surface area (TPSA) is 97.2 Å². The second-order valence-electron chi connectivity index (χ2n) is 6.24. The van der Waals surface area contributed by atoms with Gasteiger partial charge in [-0.15, -0.1) is 0 Å². The van der Waals surface area contributed by atoms with Gasteiger partial charge in [-0.05, 0) is 42.0 Å². The fraction of sp³-hybridized carbons (Fsp3) is 0.136. The SMILES string of the molecule is COc1cccc(/C=N\NC(=O)c2ccc3ccccc3c2)c1O[C@H](C)C(=O)O. The predicted octanol–water partition coefficient (Wildman–Crippen LogP) is 3.46. The van der Waals surface area contributed by atoms with E-state index in [1.165, 1.54) is 20.2 Å². The van der Waals surface area contributed by atoms with E-state index in [0.29, 0.717) is 16.9 Å². The third kappa shape index (κ3) is 4.70. The molecular weight excluding hydrogens is 372 g/mol. The molecule has 1 atom stereocenters. The molecule has 3 aromatic carbocycles. The third-order valence-electron chi connectivity index (χ3n) is 4.25. The van der Waals surface area contributed by atoms with E-state index in [9.17, 15) is 9.59 Å². The standard InChI is InChI=1S/C22H20N2O5/c1-14(22(26)27)29-20-18(8-5-9-19(20)28-2)13-23-24-21(25)17-11-10-15-6-3-4-7-16(15)12-17/h3-14H,1-2H3,(H,24,25)(H,26,27)/b23-13-/t14-/m1/s1. The summed E-state index contributed by atoms with van der Waals surface area (Å²) in [6, 6.07) is 18.2. The van der Waals surface area contributed by atoms with Crippen molar-refractivity contribution in [3.8, 4) is 11.5 Å². The second-order valence-corrected chi connectivity index (χ2v) is 6.24. The van der Waals surface area contributed by atoms with Gasteiger partial charge in [0.15, 0.2) is 17.6 Å². The first kappa shape index (κ1) is 19.9. The van der Waals surface area contributed by atoms with Gasteiger partial charge in [0, 0.05) is 11.1 Å². The zero-order valence-corrected chi connectivity index (χ0v) is 16.0. The number of rotatable bonds is 7. The molecule has 29 heavy (non-hydrogen) atoms. The number of carbonyl (C=O) groups excluding carboxylic acids is 1. The lowest BCUT2D eigenvalue weighted by Crippen LogP contribution is -2.24. The van der Waals surface area contributed by atoms with Crippen molar-refractivity contribution in [2.75, 3.05) is 7.11 Å². The molecule has 0 aliphatic carbocycles. The highest BCUT2D eigenvalue weighted by molar-refractivity contribution is 5.99. The van der Waals surface area contributed by atoms with Crippen LogP contribution in [0.15, 0.2) is 65.8 Å². The number of fused-ring (bicyclic) bond motifs is 1. The Kier molecular flexibility index (Phi) is 6.09. The van der Waals surface area contributed by atoms with Crippen LogP contribution >= 0.6 is 0 Å². The summed E-state index contributed by atoms with van der Waals surface area (Å²) in [4.78, 5) is 23.5. The Morgan fingerprint density at radius 3 is 2.55 bits per heavy atom. The minimum absolute atomic E-state index is 0.230. The highest BCUT2D eigenvalue weighted by Crippen LogP contribution is 2.31. The summed E-state index contributed by atoms with van der Waals surface area (Å²) in [6.45, 7) is 1.41. The molecule has 0 spiro atoms. The monoisotopic (exact) mass is 392 g/mol. The Hall–Kier alpha value is -3.87. The first-order valence-electron chi connectivity index (χ1n) is 8.88. The molecule has 0 fully saturated rings. The van der Waals surface area contributed by atoms with E-state index in [1.807, 2.05) is 30.3 Å². The zero-order chi connectivity index (χ0) is 20.8. The summed E-state index contributed by atoms with van der Waals surface area (Å²) in [5, 5.41) is 15.1. The van der Waals surface area contributed by atoms with Crippen LogP contribution in [0.3, 0.4) is 0 Å². The maximum absolute atomic E-state index is 12.4. The quantitative estimate of drug-likeness (QED) is 0.474. The Bertz CT molecular complexity index is 1080. The summed E-state index contributed by atoms with van der Waals surface area (Å²) in [7, 11) is 1.45. The number of carboxylic acid groups (broad SMARTS) is 1. The predicted molar refractivity (Wildman–Crippen MR) is 110 cm³/mol. The Morgan fingerprint density at radius 2 is 1.83 bits per heavy atom. The smallest absolute Gasteiger partial charge is 0.344 e. The zero-order valence-electron chi connectivity index (χ0n) is 16.0. The maximum Gasteiger partial charge on any atom is 0.344 e. The lowest BCUT2D eigenvalue weighted by atomic mass is 10.1. The molecule has 3 rings (SSSR count). The number of nitrogens with zero attached hydrogens (tertiary/aromatic N) is 1. The largest absolute Gasteiger partial charge is 0.493 e. The van der Waals surface area contributed by atoms with Gasteiger partial charge in [-0.3, -0.25) is 4.79 Å². The maximum atomic E-state index is 12.4. The van der Waals surface area contributed by atoms with Crippen LogP contribution in [0, 0.1) is 0 Å². The molecular formula is C22H20N2O5. The fourth-order valence-corrected chi connectivity index (χ4v) is 2.70. The van der Waals surface area contributed by atoms with Crippen molar-refractivity contribution in [1.82, 2.24) is 5.43 Å². The molecule has 0 saturated heterocycles. The molecule has 3 aromatic rings. The molecule has 148 valence electrons. The van der Waals surface area contributed by atoms with E-state index < -0.39 is 12.1 Å². The van der Waals surface area contributed by atoms with E-state index in [0.717, 1.165) is 10.8 Å². The molecule has 0 aliphatic rings. The first-order chi connectivity index (χ1) is 14.0. The van der Waals surface area contributed by atoms with Gasteiger partial charge < -0.3 is 14.6 Å². The fourth-order valence-electron chi connectivity index (χ4n) is 2.70. The van der Waals surface area contributed by atoms with E-state index in [4.69, 9.17) is 14.6 Å². The molecule has 1 amide bonds. The summed E-state index contributed by atoms with van der Waals surface area (Å²) in [6.07, 6.45) is 0.302. The average Bonchev–Trinajstić information content (AvgIpc) is 2.74. The van der Waals surface area contributed by atoms with Crippen molar-refractivity contribution in [2.45, 2.75) is 13.0 Å². The summed E-state index contributed by atoms with van der Waals surface area (Å²) < 4.78 is 10.7. The Balaban J connectivity index is 1.78. The normalized spacial score (nSPS) is 11.9. The van der Waals surface area contributed by atoms with Gasteiger partial charge in [-0.25, -0.2) is 10.2 Å². The molecule has 2 N–H and O–H groups in total. The van der Waals surface area contributed by atoms with Crippen molar-refractivity contribution >= 4 is 28.9 Å². The van der Waals surface area contributed by atoms with Crippen LogP contribution in [-0.2, 0) is 4.79 Å². The van der Waals surface area contributed by atoms with Gasteiger partial charge in [-0.2, -0.15) is 5.10 Å². The summed E-state index contributed by atoms with van der Waals surface area (Å²) >= 11 is 0. The van der Waals surface area contributed by atoms with Gasteiger partial charge in [0.05, 0.1) is 13.3 Å². The highest BCUT2D eigenvalue weighted by Gasteiger charge is 2.18. The van der Waals surface area contributed by atoms with E-state index in [1.54, 1.807) is 30.3 Å². The van der Waals surface area contributed by atoms with Gasteiger partial charge in [0.25, 0.3) is 5.91 Å². The van der Waals surface area contributed by atoms with Gasteiger partial charge in [0.2, 0.25) is 0 Å². The highest BCUT2D eigenvalue weighted by atomic mass is 16.5. The minimum Gasteiger partial charge on any atom is -0.493 e. The van der Waals surface area contributed by atoms with Crippen molar-refractivity contribution < 1.29 is 24.2 Å². The van der Waals surface area contributed by atoms with Gasteiger partial charge >= 0.3 is 5.97 Å². The molecule has 0 saturated carbocycles. The van der Waals surface area contributed by atoms with E-state index in [2.05, 4.69) is 10.5 Å². The van der Waals surface area contributed by atoms with E-state index in [-0.39, 0.29) is 11.7 Å². The average molecular weight is 392 g/mol. The van der Waals surface area contributed by atoms with Crippen LogP contribution in [0.2, 0.25) is 0 Å². The number of benzene rings is 3. The molecule has 0 heterocycles. The van der Waals surface area contributed by atoms with Crippen molar-refractivity contribution in [1.29, 1.82) is 0 Å². The number of hydrogen-bond acceptors (Lipinski definition) is 5. The number of ether oxygens (including phenoxy) is 2. The van der Waals surface area contributed by atoms with Crippen LogP contribution in [0.1, 0.15) is 22.8 Å². The molecule has 0 radical (unpaired) electrons. The number of methoxy groups -OCH3 is 1. The molecule has 7 heteroatoms. The van der Waals surface area contributed by atoms with E-state index >= 15 is 0 Å². The van der Waals surface area contributed by atoms with Crippen molar-refractivity contribution in [3.05, 3.63) is 71.8 Å². The number of nitrogens with one attached hydrogen (secondary N) is 1. The van der Waals surface area contributed by atoms with Gasteiger partial charge in [0.1, 0.15) is 0 Å². The Labute approximate surface area is 167 Å². The molecule has 0 aliphatic heterocycles. The minimum atomic E-state index is -1.11. The first-order valence-corrected chi connectivity index (χ1v) is 8.88. The third-order valence-corrected chi connectivity index (χ3v) is 4.25. The molecule has 0 unspecified atom stereocenters. The number of aliphatic carboxylic acids is 1. The summed E-state index contributed by atoms with van der Waals surface area (Å²) in [5.74, 6) is -0.879. The Morgan fingerprint density at radius 1 is 1.07 bits per heavy atom. The number of carbonyl (C=O) groups is 2. The lowest BCUT2D eigenvalue weighted by molar-refractivity contribution is -0.144. The lowest BCUT2D eigenvalue weighted by Gasteiger charge is -2.15. The van der Waals surface area contributed by atoms with Crippen LogP contribution in [0.5, 0.6) is 11.5 Å². The van der Waals surface area contributed by atoms with Gasteiger partial charge in [-0.1, -0.05) is 36.4 Å². The summed E-state index contributed by atoms with van der Waals surface area (Å²) in [5.41, 5.74) is 3.41. The van der Waals surface area contributed by atoms with Crippen LogP contribution in [-0.4, -0.2) is 36.4 Å². The van der Waals surface area contributed by atoms with Crippen molar-refractivity contribution in [2.24, 2.45) is 5.10 Å². The number of hydrogen-bond donors (Lipinski definition) is 2. The van der Waals surface area contributed by atoms with Crippen LogP contribution in [0.25, 0.3) is 10.8 Å². The van der Waals surface area contributed by atoms with Crippen LogP contribution < -0.4 is 14.9 Å². The molecule has 0 aromatic heterocycles. The van der Waals surface area contributed by atoms with Crippen LogP contribution in [0.4, 0.5) is 0 Å².